The molecule has 0 atom stereocenters. The van der Waals surface area contributed by atoms with Gasteiger partial charge in [0, 0.05) is 0 Å². The smallest absolute Gasteiger partial charge is 0.428 e. The summed E-state index contributed by atoms with van der Waals surface area (Å²) in [6, 6.07) is 0. The Bertz CT molecular complexity index is 733. The fourth-order valence-electron chi connectivity index (χ4n) is 1.24. The van der Waals surface area contributed by atoms with Gasteiger partial charge in [0.2, 0.25) is 0 Å². The molecule has 230 valence electrons. The van der Waals surface area contributed by atoms with E-state index in [2.05, 4.69) is 9.47 Å². The van der Waals surface area contributed by atoms with E-state index in [0.29, 0.717) is 0 Å². The number of ether oxygens (including phenoxy) is 2. The van der Waals surface area contributed by atoms with Crippen molar-refractivity contribution in [3.8, 4) is 0 Å². The normalized spacial score (nSPS) is 15.0. The SMILES string of the molecule is O=C(OCC(F)(F)C(F)(F)C(F)(F)F)OCC(F)(F)C(F)(F)C(F)(F)F.OCC(F)(F)C(F)(F)C(F)(F)F. The average Bonchev–Trinajstić information content (AvgIpc) is 2.68. The second-order valence-corrected chi connectivity index (χ2v) is 6.32. The predicted octanol–water partition coefficient (Wildman–Crippen LogP) is 6.62. The molecule has 0 aromatic heterocycles. The van der Waals surface area contributed by atoms with Crippen LogP contribution >= 0.6 is 0 Å². The molecule has 0 saturated carbocycles. The van der Waals surface area contributed by atoms with Crippen LogP contribution in [-0.4, -0.2) is 85.1 Å². The van der Waals surface area contributed by atoms with Crippen molar-refractivity contribution in [2.45, 2.75) is 54.1 Å². The first-order valence-corrected chi connectivity index (χ1v) is 8.04. The Morgan fingerprint density at radius 2 is 0.658 bits per heavy atom. The molecular formula is C13H7F21O4. The highest BCUT2D eigenvalue weighted by Crippen LogP contribution is 2.48. The Balaban J connectivity index is 0. The predicted molar refractivity (Wildman–Crippen MR) is 72.2 cm³/mol. The lowest BCUT2D eigenvalue weighted by molar-refractivity contribution is -0.362. The lowest BCUT2D eigenvalue weighted by Gasteiger charge is -2.28. The third-order valence-corrected chi connectivity index (χ3v) is 3.39. The number of hydrogen-bond donors (Lipinski definition) is 1. The number of aliphatic hydroxyl groups excluding tert-OH is 1. The minimum Gasteiger partial charge on any atom is -0.428 e. The van der Waals surface area contributed by atoms with Crippen LogP contribution in [0.3, 0.4) is 0 Å². The molecule has 1 N–H and O–H groups in total. The van der Waals surface area contributed by atoms with Gasteiger partial charge in [-0.3, -0.25) is 0 Å². The minimum absolute atomic E-state index is 2.56. The highest BCUT2D eigenvalue weighted by atomic mass is 19.4. The number of alkyl halides is 21. The summed E-state index contributed by atoms with van der Waals surface area (Å²) in [6.07, 6.45) is -22.9. The Morgan fingerprint density at radius 3 is 0.816 bits per heavy atom. The molecule has 0 aliphatic rings. The van der Waals surface area contributed by atoms with Gasteiger partial charge in [-0.05, 0) is 0 Å². The number of rotatable bonds is 8. The molecule has 0 aromatic carbocycles. The molecule has 0 radical (unpaired) electrons. The minimum atomic E-state index is -6.83. The van der Waals surface area contributed by atoms with Crippen LogP contribution in [0.2, 0.25) is 0 Å². The number of aliphatic hydroxyl groups is 1. The van der Waals surface area contributed by atoms with Gasteiger partial charge >= 0.3 is 60.2 Å². The molecule has 0 unspecified atom stereocenters. The lowest BCUT2D eigenvalue weighted by Crippen LogP contribution is -2.55. The summed E-state index contributed by atoms with van der Waals surface area (Å²) in [5.74, 6) is -37.5. The van der Waals surface area contributed by atoms with Gasteiger partial charge < -0.3 is 14.6 Å². The summed E-state index contributed by atoms with van der Waals surface area (Å²) in [5, 5.41) is 7.56. The van der Waals surface area contributed by atoms with Crippen molar-refractivity contribution < 1.29 is 112 Å². The molecule has 0 heterocycles. The van der Waals surface area contributed by atoms with Gasteiger partial charge in [-0.15, -0.1) is 0 Å². The summed E-state index contributed by atoms with van der Waals surface area (Å²) in [6.45, 7) is -8.78. The van der Waals surface area contributed by atoms with Crippen molar-refractivity contribution in [2.24, 2.45) is 0 Å². The molecule has 0 rings (SSSR count). The summed E-state index contributed by atoms with van der Waals surface area (Å²) in [4.78, 5) is 10.5. The third kappa shape index (κ3) is 8.13. The van der Waals surface area contributed by atoms with Crippen LogP contribution in [0.4, 0.5) is 97.0 Å². The monoisotopic (exact) mass is 626 g/mol. The highest BCUT2D eigenvalue weighted by Gasteiger charge is 2.75. The van der Waals surface area contributed by atoms with E-state index in [1.165, 1.54) is 0 Å². The van der Waals surface area contributed by atoms with Gasteiger partial charge in [0.15, 0.2) is 13.2 Å². The van der Waals surface area contributed by atoms with Gasteiger partial charge in [-0.25, -0.2) is 4.79 Å². The zero-order valence-corrected chi connectivity index (χ0v) is 16.7. The Morgan fingerprint density at radius 1 is 0.447 bits per heavy atom. The lowest BCUT2D eigenvalue weighted by atomic mass is 10.2. The van der Waals surface area contributed by atoms with Crippen molar-refractivity contribution in [3.63, 3.8) is 0 Å². The topological polar surface area (TPSA) is 55.8 Å². The molecule has 0 amide bonds. The van der Waals surface area contributed by atoms with E-state index in [1.54, 1.807) is 0 Å². The van der Waals surface area contributed by atoms with Crippen LogP contribution in [0.1, 0.15) is 0 Å². The van der Waals surface area contributed by atoms with E-state index >= 15 is 0 Å². The Kier molecular flexibility index (Phi) is 11.1. The van der Waals surface area contributed by atoms with Gasteiger partial charge in [0.05, 0.1) is 0 Å². The summed E-state index contributed by atoms with van der Waals surface area (Å²) >= 11 is 0. The molecule has 0 spiro atoms. The fourth-order valence-corrected chi connectivity index (χ4v) is 1.24. The first-order valence-electron chi connectivity index (χ1n) is 8.04. The van der Waals surface area contributed by atoms with Crippen molar-refractivity contribution in [1.29, 1.82) is 0 Å². The first kappa shape index (κ1) is 37.9. The van der Waals surface area contributed by atoms with Gasteiger partial charge in [0.25, 0.3) is 0 Å². The zero-order chi connectivity index (χ0) is 31.6. The van der Waals surface area contributed by atoms with Crippen LogP contribution in [0.25, 0.3) is 0 Å². The van der Waals surface area contributed by atoms with E-state index in [4.69, 9.17) is 5.11 Å². The molecule has 0 saturated heterocycles. The number of carbonyl (C=O) groups is 1. The van der Waals surface area contributed by atoms with Crippen LogP contribution in [0.5, 0.6) is 0 Å². The molecule has 4 nitrogen and oxygen atoms in total. The maximum Gasteiger partial charge on any atom is 0.508 e. The van der Waals surface area contributed by atoms with Crippen molar-refractivity contribution in [2.75, 3.05) is 19.8 Å². The second kappa shape index (κ2) is 11.1. The maximum absolute atomic E-state index is 12.7. The molecule has 0 aromatic rings. The van der Waals surface area contributed by atoms with Crippen LogP contribution in [-0.2, 0) is 9.47 Å². The van der Waals surface area contributed by atoms with Crippen molar-refractivity contribution >= 4 is 6.16 Å². The molecule has 0 aliphatic heterocycles. The summed E-state index contributed by atoms with van der Waals surface area (Å²) in [5.41, 5.74) is 0. The van der Waals surface area contributed by atoms with Crippen LogP contribution < -0.4 is 0 Å². The van der Waals surface area contributed by atoms with Crippen molar-refractivity contribution in [3.05, 3.63) is 0 Å². The van der Waals surface area contributed by atoms with Crippen molar-refractivity contribution in [1.82, 2.24) is 0 Å². The number of halogens is 21. The van der Waals surface area contributed by atoms with Gasteiger partial charge in [-0.2, -0.15) is 92.2 Å². The van der Waals surface area contributed by atoms with Gasteiger partial charge in [-0.1, -0.05) is 0 Å². The maximum atomic E-state index is 12.7. The molecule has 38 heavy (non-hydrogen) atoms. The molecule has 0 aliphatic carbocycles. The largest absolute Gasteiger partial charge is 0.508 e. The van der Waals surface area contributed by atoms with E-state index < -0.39 is 80.0 Å². The number of hydrogen-bond acceptors (Lipinski definition) is 4. The number of carbonyl (C=O) groups excluding carboxylic acids is 1. The molecular weight excluding hydrogens is 619 g/mol. The molecule has 0 fully saturated rings. The Labute approximate surface area is 193 Å². The third-order valence-electron chi connectivity index (χ3n) is 3.39. The van der Waals surface area contributed by atoms with Crippen LogP contribution in [0, 0.1) is 0 Å². The quantitative estimate of drug-likeness (QED) is 0.243. The molecule has 25 heteroatoms. The van der Waals surface area contributed by atoms with E-state index in [1.807, 2.05) is 0 Å². The van der Waals surface area contributed by atoms with Crippen LogP contribution in [0.15, 0.2) is 0 Å². The summed E-state index contributed by atoms with van der Waals surface area (Å²) in [7, 11) is 0. The highest BCUT2D eigenvalue weighted by molar-refractivity contribution is 5.60. The summed E-state index contributed by atoms with van der Waals surface area (Å²) < 4.78 is 257. The van der Waals surface area contributed by atoms with E-state index in [-0.39, 0.29) is 0 Å². The standard InChI is InChI=1S/C9H4F14O3.C4H3F7O/c10-4(11,6(14,15)8(18,19)20)1-25-3(24)26-2-5(12,13)7(16,17)9(21,22)23;5-2(6,1-12)3(7,8)4(9,10)11/h1-2H2;12H,1H2. The van der Waals surface area contributed by atoms with E-state index in [0.717, 1.165) is 0 Å². The second-order valence-electron chi connectivity index (χ2n) is 6.32. The first-order chi connectivity index (χ1) is 16.2. The zero-order valence-electron chi connectivity index (χ0n) is 16.7. The van der Waals surface area contributed by atoms with E-state index in [9.17, 15) is 97.0 Å². The average molecular weight is 626 g/mol. The Hall–Kier alpha value is -2.24. The molecule has 0 bridgehead atoms. The fraction of sp³-hybridized carbons (Fsp3) is 0.923. The van der Waals surface area contributed by atoms with Gasteiger partial charge in [0.1, 0.15) is 6.61 Å².